The van der Waals surface area contributed by atoms with Gasteiger partial charge in [-0.3, -0.25) is 0 Å². The number of aromatic nitrogens is 2. The van der Waals surface area contributed by atoms with E-state index in [0.717, 1.165) is 77.2 Å². The molecule has 2 heterocycles. The van der Waals surface area contributed by atoms with Gasteiger partial charge in [0.2, 0.25) is 0 Å². The van der Waals surface area contributed by atoms with Gasteiger partial charge in [-0.2, -0.15) is 15.8 Å². The zero-order chi connectivity index (χ0) is 33.8. The Morgan fingerprint density at radius 2 is 0.960 bits per heavy atom. The van der Waals surface area contributed by atoms with Gasteiger partial charge >= 0.3 is 0 Å². The van der Waals surface area contributed by atoms with Crippen LogP contribution in [0.1, 0.15) is 16.7 Å². The quantitative estimate of drug-likeness (QED) is 0.193. The Bertz CT molecular complexity index is 2970. The number of fused-ring (bicyclic) bond motifs is 6. The van der Waals surface area contributed by atoms with E-state index >= 15 is 0 Å². The molecule has 0 aliphatic carbocycles. The van der Waals surface area contributed by atoms with Crippen LogP contribution >= 0.6 is 0 Å². The van der Waals surface area contributed by atoms with Crippen molar-refractivity contribution in [1.82, 2.24) is 9.13 Å². The molecule has 0 spiro atoms. The molecule has 0 bridgehead atoms. The van der Waals surface area contributed by atoms with Crippen molar-refractivity contribution >= 4 is 43.6 Å². The Morgan fingerprint density at radius 1 is 0.400 bits per heavy atom. The molecule has 0 aliphatic rings. The molecule has 0 aliphatic heterocycles. The Balaban J connectivity index is 1.29. The molecule has 0 saturated heterocycles. The maximum atomic E-state index is 10.5. The number of hydrogen-bond donors (Lipinski definition) is 0. The average molecular weight is 636 g/mol. The van der Waals surface area contributed by atoms with Crippen molar-refractivity contribution < 1.29 is 0 Å². The van der Waals surface area contributed by atoms with E-state index in [1.807, 2.05) is 84.9 Å². The SMILES string of the molecule is N#Cc1ccc2c(c1)c1ccccc1n2-c1cccc(-c2cccc(C#N)c2-c2ccccc2-n2c3ccccc3c3cc(C#N)ccc32)c1. The summed E-state index contributed by atoms with van der Waals surface area (Å²) in [6.07, 6.45) is 0. The lowest BCUT2D eigenvalue weighted by Crippen LogP contribution is -2.00. The van der Waals surface area contributed by atoms with Crippen LogP contribution < -0.4 is 0 Å². The molecule has 5 heteroatoms. The summed E-state index contributed by atoms with van der Waals surface area (Å²) in [6.45, 7) is 0. The van der Waals surface area contributed by atoms with E-state index in [1.165, 1.54) is 0 Å². The molecule has 9 aromatic rings. The number of nitriles is 3. The number of para-hydroxylation sites is 3. The Kier molecular flexibility index (Phi) is 6.56. The van der Waals surface area contributed by atoms with Crippen LogP contribution in [-0.4, -0.2) is 9.13 Å². The lowest BCUT2D eigenvalue weighted by Gasteiger charge is -2.18. The first-order valence-corrected chi connectivity index (χ1v) is 16.3. The molecule has 0 N–H and O–H groups in total. The fourth-order valence-corrected chi connectivity index (χ4v) is 7.49. The molecule has 7 aromatic carbocycles. The highest BCUT2D eigenvalue weighted by Gasteiger charge is 2.21. The van der Waals surface area contributed by atoms with Crippen LogP contribution in [0.5, 0.6) is 0 Å². The number of hydrogen-bond acceptors (Lipinski definition) is 3. The lowest BCUT2D eigenvalue weighted by atomic mass is 9.89. The third kappa shape index (κ3) is 4.31. The molecule has 0 fully saturated rings. The Morgan fingerprint density at radius 3 is 1.64 bits per heavy atom. The first-order valence-electron chi connectivity index (χ1n) is 16.3. The molecular weight excluding hydrogens is 611 g/mol. The van der Waals surface area contributed by atoms with E-state index in [2.05, 4.69) is 94.1 Å². The molecular formula is C45H25N5. The summed E-state index contributed by atoms with van der Waals surface area (Å²) in [5, 5.41) is 34.0. The van der Waals surface area contributed by atoms with Gasteiger partial charge in [-0.1, -0.05) is 78.9 Å². The lowest BCUT2D eigenvalue weighted by molar-refractivity contribution is 1.18. The van der Waals surface area contributed by atoms with Crippen LogP contribution in [0.4, 0.5) is 0 Å². The van der Waals surface area contributed by atoms with Crippen LogP contribution in [0.2, 0.25) is 0 Å². The van der Waals surface area contributed by atoms with E-state index in [4.69, 9.17) is 0 Å². The van der Waals surface area contributed by atoms with E-state index in [0.29, 0.717) is 16.7 Å². The second-order valence-corrected chi connectivity index (χ2v) is 12.3. The number of rotatable bonds is 4. The highest BCUT2D eigenvalue weighted by molar-refractivity contribution is 6.11. The second kappa shape index (κ2) is 11.4. The van der Waals surface area contributed by atoms with Gasteiger partial charge in [0.25, 0.3) is 0 Å². The van der Waals surface area contributed by atoms with Crippen LogP contribution in [0.25, 0.3) is 77.2 Å². The summed E-state index contributed by atoms with van der Waals surface area (Å²) >= 11 is 0. The zero-order valence-electron chi connectivity index (χ0n) is 26.7. The largest absolute Gasteiger partial charge is 0.309 e. The van der Waals surface area contributed by atoms with Crippen LogP contribution in [-0.2, 0) is 0 Å². The highest BCUT2D eigenvalue weighted by Crippen LogP contribution is 2.42. The molecule has 0 amide bonds. The van der Waals surface area contributed by atoms with Crippen molar-refractivity contribution in [3.8, 4) is 51.8 Å². The highest BCUT2D eigenvalue weighted by atomic mass is 15.0. The number of nitrogens with zero attached hydrogens (tertiary/aromatic N) is 5. The number of benzene rings is 7. The molecule has 0 radical (unpaired) electrons. The van der Waals surface area contributed by atoms with Crippen molar-refractivity contribution in [2.45, 2.75) is 0 Å². The standard InChI is InChI=1S/C45H25N5/c46-26-29-19-21-43-38(23-29)35-12-1-4-16-40(35)49(43)33-11-7-9-31(25-33)34-15-8-10-32(28-48)45(34)37-14-3-6-18-42(37)50-41-17-5-2-13-36(41)39-24-30(27-47)20-22-44(39)50/h1-25H. The summed E-state index contributed by atoms with van der Waals surface area (Å²) in [5.74, 6) is 0. The molecule has 50 heavy (non-hydrogen) atoms. The Hall–Kier alpha value is -7.39. The van der Waals surface area contributed by atoms with E-state index < -0.39 is 0 Å². The molecule has 2 aromatic heterocycles. The van der Waals surface area contributed by atoms with Crippen molar-refractivity contribution in [3.63, 3.8) is 0 Å². The summed E-state index contributed by atoms with van der Waals surface area (Å²) < 4.78 is 4.48. The zero-order valence-corrected chi connectivity index (χ0v) is 26.7. The van der Waals surface area contributed by atoms with E-state index in [-0.39, 0.29) is 0 Å². The van der Waals surface area contributed by atoms with Gasteiger partial charge in [-0.15, -0.1) is 0 Å². The Labute approximate surface area is 287 Å². The maximum absolute atomic E-state index is 10.5. The van der Waals surface area contributed by atoms with E-state index in [1.54, 1.807) is 0 Å². The normalized spacial score (nSPS) is 11.1. The van der Waals surface area contributed by atoms with Crippen LogP contribution in [0.15, 0.2) is 152 Å². The maximum Gasteiger partial charge on any atom is 0.0998 e. The predicted molar refractivity (Wildman–Crippen MR) is 200 cm³/mol. The van der Waals surface area contributed by atoms with Crippen molar-refractivity contribution in [3.05, 3.63) is 168 Å². The topological polar surface area (TPSA) is 81.2 Å². The summed E-state index contributed by atoms with van der Waals surface area (Å²) in [5.41, 5.74) is 11.5. The molecule has 0 saturated carbocycles. The smallest absolute Gasteiger partial charge is 0.0998 e. The third-order valence-corrected chi connectivity index (χ3v) is 9.62. The van der Waals surface area contributed by atoms with Gasteiger partial charge in [-0.25, -0.2) is 0 Å². The summed E-state index contributed by atoms with van der Waals surface area (Å²) in [7, 11) is 0. The monoisotopic (exact) mass is 635 g/mol. The second-order valence-electron chi connectivity index (χ2n) is 12.3. The van der Waals surface area contributed by atoms with Gasteiger partial charge in [0.05, 0.1) is 62.7 Å². The fourth-order valence-electron chi connectivity index (χ4n) is 7.49. The third-order valence-electron chi connectivity index (χ3n) is 9.62. The van der Waals surface area contributed by atoms with E-state index in [9.17, 15) is 15.8 Å². The minimum Gasteiger partial charge on any atom is -0.309 e. The predicted octanol–water partition coefficient (Wildman–Crippen LogP) is 10.8. The molecule has 230 valence electrons. The summed E-state index contributed by atoms with van der Waals surface area (Å²) in [6, 6.07) is 57.8. The van der Waals surface area contributed by atoms with Gasteiger partial charge in [0.15, 0.2) is 0 Å². The molecule has 5 nitrogen and oxygen atoms in total. The van der Waals surface area contributed by atoms with Crippen molar-refractivity contribution in [2.24, 2.45) is 0 Å². The van der Waals surface area contributed by atoms with Gasteiger partial charge in [-0.05, 0) is 83.9 Å². The fraction of sp³-hybridized carbons (Fsp3) is 0. The summed E-state index contributed by atoms with van der Waals surface area (Å²) in [4.78, 5) is 0. The van der Waals surface area contributed by atoms with Crippen molar-refractivity contribution in [1.29, 1.82) is 15.8 Å². The first kappa shape index (κ1) is 28.8. The first-order chi connectivity index (χ1) is 24.7. The molecule has 0 atom stereocenters. The van der Waals surface area contributed by atoms with Gasteiger partial charge in [0.1, 0.15) is 0 Å². The van der Waals surface area contributed by atoms with Crippen molar-refractivity contribution in [2.75, 3.05) is 0 Å². The van der Waals surface area contributed by atoms with Crippen LogP contribution in [0, 0.1) is 34.0 Å². The van der Waals surface area contributed by atoms with Gasteiger partial charge in [0, 0.05) is 38.4 Å². The van der Waals surface area contributed by atoms with Crippen LogP contribution in [0.3, 0.4) is 0 Å². The molecule has 0 unspecified atom stereocenters. The minimum atomic E-state index is 0.578. The van der Waals surface area contributed by atoms with Gasteiger partial charge < -0.3 is 9.13 Å². The molecule has 9 rings (SSSR count). The minimum absolute atomic E-state index is 0.578. The average Bonchev–Trinajstić information content (AvgIpc) is 3.69.